The number of aryl methyl sites for hydroxylation is 1. The molecule has 1 saturated carbocycles. The maximum atomic E-state index is 5.95. The Morgan fingerprint density at radius 2 is 2.20 bits per heavy atom. The van der Waals surface area contributed by atoms with Gasteiger partial charge in [0.2, 0.25) is 5.89 Å². The van der Waals surface area contributed by atoms with Gasteiger partial charge in [-0.05, 0) is 19.8 Å². The minimum atomic E-state index is 0.479. The molecular formula is C14H19N5O. The highest BCUT2D eigenvalue weighted by Gasteiger charge is 2.27. The summed E-state index contributed by atoms with van der Waals surface area (Å²) in [7, 11) is 0. The van der Waals surface area contributed by atoms with Gasteiger partial charge < -0.3 is 15.5 Å². The van der Waals surface area contributed by atoms with Crippen LogP contribution in [0.2, 0.25) is 0 Å². The molecular weight excluding hydrogens is 254 g/mol. The Kier molecular flexibility index (Phi) is 3.30. The molecule has 0 spiro atoms. The highest BCUT2D eigenvalue weighted by atomic mass is 16.4. The number of anilines is 2. The Morgan fingerprint density at radius 1 is 1.40 bits per heavy atom. The summed E-state index contributed by atoms with van der Waals surface area (Å²) in [5, 5.41) is 3.24. The number of hydrogen-bond acceptors (Lipinski definition) is 6. The molecule has 1 aliphatic rings. The van der Waals surface area contributed by atoms with Crippen LogP contribution in [0.25, 0.3) is 0 Å². The Bertz CT molecular complexity index is 618. The predicted molar refractivity (Wildman–Crippen MR) is 76.4 cm³/mol. The molecule has 3 rings (SSSR count). The van der Waals surface area contributed by atoms with E-state index in [2.05, 4.69) is 20.3 Å². The van der Waals surface area contributed by atoms with Crippen molar-refractivity contribution in [3.63, 3.8) is 0 Å². The van der Waals surface area contributed by atoms with E-state index in [4.69, 9.17) is 10.2 Å². The highest BCUT2D eigenvalue weighted by molar-refractivity contribution is 5.55. The van der Waals surface area contributed by atoms with Gasteiger partial charge in [-0.25, -0.2) is 15.0 Å². The molecule has 2 aromatic rings. The van der Waals surface area contributed by atoms with Gasteiger partial charge in [0.1, 0.15) is 23.2 Å². The molecule has 0 radical (unpaired) electrons. The molecule has 1 aliphatic carbocycles. The summed E-state index contributed by atoms with van der Waals surface area (Å²) in [6.07, 6.45) is 4.91. The second-order valence-electron chi connectivity index (χ2n) is 5.14. The van der Waals surface area contributed by atoms with Crippen molar-refractivity contribution in [2.45, 2.75) is 45.6 Å². The number of aromatic nitrogens is 3. The van der Waals surface area contributed by atoms with Crippen molar-refractivity contribution in [2.75, 3.05) is 11.1 Å². The largest absolute Gasteiger partial charge is 0.444 e. The van der Waals surface area contributed by atoms with E-state index in [-0.39, 0.29) is 0 Å². The Hall–Kier alpha value is -2.11. The predicted octanol–water partition coefficient (Wildman–Crippen LogP) is 2.41. The SMILES string of the molecule is CCc1cnc(CNc2nc(C3CC3)nc(N)c2C)o1. The molecule has 6 nitrogen and oxygen atoms in total. The molecule has 6 heteroatoms. The van der Waals surface area contributed by atoms with Crippen LogP contribution in [0.5, 0.6) is 0 Å². The average molecular weight is 273 g/mol. The molecule has 0 saturated heterocycles. The lowest BCUT2D eigenvalue weighted by Crippen LogP contribution is -2.09. The van der Waals surface area contributed by atoms with Gasteiger partial charge in [-0.15, -0.1) is 0 Å². The number of oxazole rings is 1. The first-order valence-corrected chi connectivity index (χ1v) is 6.98. The lowest BCUT2D eigenvalue weighted by Gasteiger charge is -2.10. The van der Waals surface area contributed by atoms with Gasteiger partial charge in [-0.3, -0.25) is 0 Å². The van der Waals surface area contributed by atoms with E-state index in [9.17, 15) is 0 Å². The summed E-state index contributed by atoms with van der Waals surface area (Å²) in [6, 6.07) is 0. The number of rotatable bonds is 5. The molecule has 0 aliphatic heterocycles. The van der Waals surface area contributed by atoms with Crippen LogP contribution in [0, 0.1) is 6.92 Å². The molecule has 3 N–H and O–H groups in total. The highest BCUT2D eigenvalue weighted by Crippen LogP contribution is 2.39. The van der Waals surface area contributed by atoms with Crippen molar-refractivity contribution in [3.05, 3.63) is 29.2 Å². The molecule has 2 heterocycles. The zero-order valence-corrected chi connectivity index (χ0v) is 11.8. The topological polar surface area (TPSA) is 89.9 Å². The van der Waals surface area contributed by atoms with Gasteiger partial charge in [0.05, 0.1) is 12.7 Å². The van der Waals surface area contributed by atoms with Gasteiger partial charge in [0.15, 0.2) is 0 Å². The lowest BCUT2D eigenvalue weighted by atomic mass is 10.3. The van der Waals surface area contributed by atoms with Crippen molar-refractivity contribution in [1.82, 2.24) is 15.0 Å². The molecule has 0 atom stereocenters. The number of nitrogen functional groups attached to an aromatic ring is 1. The fourth-order valence-corrected chi connectivity index (χ4v) is 2.00. The summed E-state index contributed by atoms with van der Waals surface area (Å²) >= 11 is 0. The van der Waals surface area contributed by atoms with Crippen LogP contribution < -0.4 is 11.1 Å². The fraction of sp³-hybridized carbons (Fsp3) is 0.500. The maximum Gasteiger partial charge on any atom is 0.213 e. The molecule has 1 fully saturated rings. The van der Waals surface area contributed by atoms with Crippen LogP contribution >= 0.6 is 0 Å². The molecule has 2 aromatic heterocycles. The number of nitrogens with two attached hydrogens (primary N) is 1. The minimum Gasteiger partial charge on any atom is -0.444 e. The van der Waals surface area contributed by atoms with E-state index in [1.807, 2.05) is 13.8 Å². The lowest BCUT2D eigenvalue weighted by molar-refractivity contribution is 0.465. The number of nitrogens with zero attached hydrogens (tertiary/aromatic N) is 3. The van der Waals surface area contributed by atoms with Crippen LogP contribution in [0.15, 0.2) is 10.6 Å². The summed E-state index contributed by atoms with van der Waals surface area (Å²) < 4.78 is 5.57. The van der Waals surface area contributed by atoms with Gasteiger partial charge in [0, 0.05) is 17.9 Å². The van der Waals surface area contributed by atoms with Crippen LogP contribution in [0.1, 0.15) is 48.7 Å². The zero-order chi connectivity index (χ0) is 14.1. The Labute approximate surface area is 117 Å². The maximum absolute atomic E-state index is 5.95. The van der Waals surface area contributed by atoms with Crippen molar-refractivity contribution >= 4 is 11.6 Å². The van der Waals surface area contributed by atoms with Crippen LogP contribution in [0.4, 0.5) is 11.6 Å². The summed E-state index contributed by atoms with van der Waals surface area (Å²) in [6.45, 7) is 4.46. The van der Waals surface area contributed by atoms with Gasteiger partial charge >= 0.3 is 0 Å². The molecule has 0 unspecified atom stereocenters. The van der Waals surface area contributed by atoms with E-state index in [1.165, 1.54) is 0 Å². The van der Waals surface area contributed by atoms with E-state index in [0.29, 0.717) is 24.2 Å². The third-order valence-corrected chi connectivity index (χ3v) is 3.50. The third kappa shape index (κ3) is 2.59. The second kappa shape index (κ2) is 5.11. The first-order chi connectivity index (χ1) is 9.67. The molecule has 106 valence electrons. The van der Waals surface area contributed by atoms with E-state index in [1.54, 1.807) is 6.20 Å². The van der Waals surface area contributed by atoms with Crippen LogP contribution in [-0.2, 0) is 13.0 Å². The van der Waals surface area contributed by atoms with Crippen LogP contribution in [0.3, 0.4) is 0 Å². The van der Waals surface area contributed by atoms with Gasteiger partial charge in [-0.1, -0.05) is 6.92 Å². The normalized spacial score (nSPS) is 14.5. The minimum absolute atomic E-state index is 0.479. The van der Waals surface area contributed by atoms with Crippen LogP contribution in [-0.4, -0.2) is 15.0 Å². The molecule has 0 aromatic carbocycles. The summed E-state index contributed by atoms with van der Waals surface area (Å²) in [4.78, 5) is 13.1. The van der Waals surface area contributed by atoms with E-state index in [0.717, 1.165) is 42.2 Å². The monoisotopic (exact) mass is 273 g/mol. The summed E-state index contributed by atoms with van der Waals surface area (Å²) in [5.74, 6) is 4.19. The van der Waals surface area contributed by atoms with Gasteiger partial charge in [-0.2, -0.15) is 0 Å². The standard InChI is InChI=1S/C14H19N5O/c1-3-10-6-16-11(20-10)7-17-13-8(2)12(15)18-14(19-13)9-4-5-9/h6,9H,3-5,7H2,1-2H3,(H3,15,17,18,19). The van der Waals surface area contributed by atoms with Crippen molar-refractivity contribution in [2.24, 2.45) is 0 Å². The second-order valence-corrected chi connectivity index (χ2v) is 5.14. The van der Waals surface area contributed by atoms with Crippen molar-refractivity contribution in [3.8, 4) is 0 Å². The Morgan fingerprint density at radius 3 is 2.85 bits per heavy atom. The smallest absolute Gasteiger partial charge is 0.213 e. The molecule has 20 heavy (non-hydrogen) atoms. The van der Waals surface area contributed by atoms with Crippen molar-refractivity contribution < 1.29 is 4.42 Å². The molecule has 0 amide bonds. The Balaban J connectivity index is 1.75. The van der Waals surface area contributed by atoms with E-state index < -0.39 is 0 Å². The number of nitrogens with one attached hydrogen (secondary N) is 1. The third-order valence-electron chi connectivity index (χ3n) is 3.50. The molecule has 0 bridgehead atoms. The fourth-order valence-electron chi connectivity index (χ4n) is 2.00. The average Bonchev–Trinajstić information content (AvgIpc) is 3.19. The summed E-state index contributed by atoms with van der Waals surface area (Å²) in [5.41, 5.74) is 6.82. The van der Waals surface area contributed by atoms with Gasteiger partial charge in [0.25, 0.3) is 0 Å². The number of hydrogen-bond donors (Lipinski definition) is 2. The van der Waals surface area contributed by atoms with Crippen molar-refractivity contribution in [1.29, 1.82) is 0 Å². The van der Waals surface area contributed by atoms with E-state index >= 15 is 0 Å². The first kappa shape index (κ1) is 12.9. The quantitative estimate of drug-likeness (QED) is 0.869. The zero-order valence-electron chi connectivity index (χ0n) is 11.8. The first-order valence-electron chi connectivity index (χ1n) is 6.98.